The molecule has 3 N–H and O–H groups in total. The number of benzene rings is 1. The van der Waals surface area contributed by atoms with E-state index in [2.05, 4.69) is 10.3 Å². The molecule has 0 aliphatic heterocycles. The van der Waals surface area contributed by atoms with Gasteiger partial charge in [0, 0.05) is 24.2 Å². The SMILES string of the molecule is NC1CCCCC1Nc1nc2cc([N+](=O)[O-])ccc2s1. The maximum absolute atomic E-state index is 10.8. The molecule has 3 rings (SSSR count). The third-order valence-corrected chi connectivity index (χ3v) is 4.68. The molecule has 0 bridgehead atoms. The zero-order valence-electron chi connectivity index (χ0n) is 10.9. The van der Waals surface area contributed by atoms with Crippen LogP contribution in [0.3, 0.4) is 0 Å². The number of aromatic nitrogens is 1. The molecule has 1 saturated carbocycles. The van der Waals surface area contributed by atoms with Gasteiger partial charge in [0.25, 0.3) is 5.69 Å². The van der Waals surface area contributed by atoms with E-state index in [-0.39, 0.29) is 17.8 Å². The Kier molecular flexibility index (Phi) is 3.54. The van der Waals surface area contributed by atoms with Crippen LogP contribution in [0, 0.1) is 10.1 Å². The van der Waals surface area contributed by atoms with Crippen molar-refractivity contribution in [1.29, 1.82) is 0 Å². The number of nitro groups is 1. The van der Waals surface area contributed by atoms with Crippen LogP contribution >= 0.6 is 11.3 Å². The third kappa shape index (κ3) is 2.59. The lowest BCUT2D eigenvalue weighted by Gasteiger charge is -2.28. The van der Waals surface area contributed by atoms with Gasteiger partial charge in [-0.25, -0.2) is 4.98 Å². The van der Waals surface area contributed by atoms with Crippen molar-refractivity contribution >= 4 is 32.4 Å². The van der Waals surface area contributed by atoms with E-state index in [0.29, 0.717) is 5.52 Å². The van der Waals surface area contributed by atoms with Gasteiger partial charge < -0.3 is 11.1 Å². The summed E-state index contributed by atoms with van der Waals surface area (Å²) < 4.78 is 0.947. The lowest BCUT2D eigenvalue weighted by Crippen LogP contribution is -2.42. The number of non-ortho nitro benzene ring substituents is 1. The molecule has 2 atom stereocenters. The van der Waals surface area contributed by atoms with Crippen molar-refractivity contribution in [2.75, 3.05) is 5.32 Å². The Bertz CT molecular complexity index is 642. The molecule has 1 aromatic carbocycles. The highest BCUT2D eigenvalue weighted by atomic mass is 32.1. The number of hydrogen-bond acceptors (Lipinski definition) is 6. The standard InChI is InChI=1S/C13H16N4O2S/c14-9-3-1-2-4-10(9)15-13-16-11-7-8(17(18)19)5-6-12(11)20-13/h5-7,9-10H,1-4,14H2,(H,15,16). The minimum Gasteiger partial charge on any atom is -0.357 e. The quantitative estimate of drug-likeness (QED) is 0.670. The largest absolute Gasteiger partial charge is 0.357 e. The van der Waals surface area contributed by atoms with E-state index >= 15 is 0 Å². The normalized spacial score (nSPS) is 22.9. The predicted octanol–water partition coefficient (Wildman–Crippen LogP) is 2.89. The van der Waals surface area contributed by atoms with E-state index in [1.165, 1.54) is 36.3 Å². The molecule has 0 amide bonds. The van der Waals surface area contributed by atoms with Gasteiger partial charge in [0.15, 0.2) is 5.13 Å². The lowest BCUT2D eigenvalue weighted by atomic mass is 9.91. The Hall–Kier alpha value is -1.73. The number of nitrogens with two attached hydrogens (primary N) is 1. The summed E-state index contributed by atoms with van der Waals surface area (Å²) >= 11 is 1.51. The van der Waals surface area contributed by atoms with Crippen LogP contribution in [0.5, 0.6) is 0 Å². The smallest absolute Gasteiger partial charge is 0.271 e. The highest BCUT2D eigenvalue weighted by Gasteiger charge is 2.22. The van der Waals surface area contributed by atoms with Crippen LogP contribution in [0.15, 0.2) is 18.2 Å². The first-order valence-electron chi connectivity index (χ1n) is 6.70. The van der Waals surface area contributed by atoms with Crippen molar-refractivity contribution in [2.24, 2.45) is 5.73 Å². The molecule has 2 unspecified atom stereocenters. The van der Waals surface area contributed by atoms with E-state index < -0.39 is 4.92 Å². The third-order valence-electron chi connectivity index (χ3n) is 3.71. The number of nitrogens with one attached hydrogen (secondary N) is 1. The van der Waals surface area contributed by atoms with E-state index in [1.54, 1.807) is 6.07 Å². The minimum atomic E-state index is -0.400. The molecule has 0 radical (unpaired) electrons. The number of rotatable bonds is 3. The summed E-state index contributed by atoms with van der Waals surface area (Å²) in [5.41, 5.74) is 6.85. The van der Waals surface area contributed by atoms with Crippen molar-refractivity contribution < 1.29 is 4.92 Å². The lowest BCUT2D eigenvalue weighted by molar-refractivity contribution is -0.384. The Balaban J connectivity index is 1.83. The Morgan fingerprint density at radius 3 is 2.95 bits per heavy atom. The summed E-state index contributed by atoms with van der Waals surface area (Å²) in [6, 6.07) is 5.18. The van der Waals surface area contributed by atoms with Crippen LogP contribution in [0.1, 0.15) is 25.7 Å². The van der Waals surface area contributed by atoms with Gasteiger partial charge in [-0.1, -0.05) is 24.2 Å². The molecule has 1 aliphatic carbocycles. The second kappa shape index (κ2) is 5.34. The second-order valence-corrected chi connectivity index (χ2v) is 6.16. The maximum atomic E-state index is 10.8. The first-order chi connectivity index (χ1) is 9.63. The number of fused-ring (bicyclic) bond motifs is 1. The monoisotopic (exact) mass is 292 g/mol. The molecular weight excluding hydrogens is 276 g/mol. The first-order valence-corrected chi connectivity index (χ1v) is 7.52. The van der Waals surface area contributed by atoms with E-state index in [1.807, 2.05) is 0 Å². The Morgan fingerprint density at radius 2 is 2.20 bits per heavy atom. The van der Waals surface area contributed by atoms with Gasteiger partial charge >= 0.3 is 0 Å². The van der Waals surface area contributed by atoms with E-state index in [0.717, 1.165) is 22.7 Å². The topological polar surface area (TPSA) is 94.1 Å². The molecule has 0 spiro atoms. The van der Waals surface area contributed by atoms with Gasteiger partial charge in [0.2, 0.25) is 0 Å². The second-order valence-electron chi connectivity index (χ2n) is 5.13. The van der Waals surface area contributed by atoms with Crippen LogP contribution < -0.4 is 11.1 Å². The Morgan fingerprint density at radius 1 is 1.40 bits per heavy atom. The molecule has 6 nitrogen and oxygen atoms in total. The fourth-order valence-electron chi connectivity index (χ4n) is 2.59. The summed E-state index contributed by atoms with van der Waals surface area (Å²) in [7, 11) is 0. The fraction of sp³-hybridized carbons (Fsp3) is 0.462. The molecule has 20 heavy (non-hydrogen) atoms. The minimum absolute atomic E-state index is 0.0729. The Labute approximate surface area is 120 Å². The zero-order chi connectivity index (χ0) is 14.1. The van der Waals surface area contributed by atoms with Crippen LogP contribution in [0.4, 0.5) is 10.8 Å². The molecule has 2 aromatic rings. The summed E-state index contributed by atoms with van der Waals surface area (Å²) in [6.07, 6.45) is 4.46. The van der Waals surface area contributed by atoms with Crippen LogP contribution in [-0.2, 0) is 0 Å². The number of anilines is 1. The molecule has 0 saturated heterocycles. The van der Waals surface area contributed by atoms with Gasteiger partial charge in [-0.3, -0.25) is 10.1 Å². The van der Waals surface area contributed by atoms with E-state index in [4.69, 9.17) is 5.73 Å². The van der Waals surface area contributed by atoms with Crippen LogP contribution in [-0.4, -0.2) is 22.0 Å². The average Bonchev–Trinajstić information content (AvgIpc) is 2.82. The zero-order valence-corrected chi connectivity index (χ0v) is 11.7. The molecular formula is C13H16N4O2S. The van der Waals surface area contributed by atoms with Gasteiger partial charge in [-0.15, -0.1) is 0 Å². The molecule has 1 fully saturated rings. The predicted molar refractivity (Wildman–Crippen MR) is 80.1 cm³/mol. The van der Waals surface area contributed by atoms with Crippen molar-refractivity contribution in [2.45, 2.75) is 37.8 Å². The number of thiazole rings is 1. The van der Waals surface area contributed by atoms with Gasteiger partial charge in [-0.2, -0.15) is 0 Å². The highest BCUT2D eigenvalue weighted by molar-refractivity contribution is 7.22. The van der Waals surface area contributed by atoms with Gasteiger partial charge in [0.05, 0.1) is 15.1 Å². The summed E-state index contributed by atoms with van der Waals surface area (Å²) in [5, 5.41) is 14.9. The van der Waals surface area contributed by atoms with Crippen molar-refractivity contribution in [3.05, 3.63) is 28.3 Å². The first kappa shape index (κ1) is 13.3. The summed E-state index contributed by atoms with van der Waals surface area (Å²) in [6.45, 7) is 0. The summed E-state index contributed by atoms with van der Waals surface area (Å²) in [4.78, 5) is 14.8. The number of nitrogens with zero attached hydrogens (tertiary/aromatic N) is 2. The molecule has 7 heteroatoms. The molecule has 106 valence electrons. The van der Waals surface area contributed by atoms with Crippen molar-refractivity contribution in [1.82, 2.24) is 4.98 Å². The number of hydrogen-bond donors (Lipinski definition) is 2. The molecule has 1 heterocycles. The number of nitro benzene ring substituents is 1. The van der Waals surface area contributed by atoms with Crippen LogP contribution in [0.25, 0.3) is 10.2 Å². The highest BCUT2D eigenvalue weighted by Crippen LogP contribution is 2.30. The maximum Gasteiger partial charge on any atom is 0.271 e. The van der Waals surface area contributed by atoms with Crippen molar-refractivity contribution in [3.63, 3.8) is 0 Å². The fourth-order valence-corrected chi connectivity index (χ4v) is 3.50. The van der Waals surface area contributed by atoms with Gasteiger partial charge in [0.1, 0.15) is 0 Å². The summed E-state index contributed by atoms with van der Waals surface area (Å²) in [5.74, 6) is 0. The molecule has 1 aromatic heterocycles. The molecule has 1 aliphatic rings. The van der Waals surface area contributed by atoms with Crippen molar-refractivity contribution in [3.8, 4) is 0 Å². The van der Waals surface area contributed by atoms with Crippen LogP contribution in [0.2, 0.25) is 0 Å². The van der Waals surface area contributed by atoms with Gasteiger partial charge in [-0.05, 0) is 18.9 Å². The van der Waals surface area contributed by atoms with E-state index in [9.17, 15) is 10.1 Å². The average molecular weight is 292 g/mol.